The molecule has 7 atom stereocenters. The Morgan fingerprint density at radius 1 is 1.11 bits per heavy atom. The number of hydrogen-bond acceptors (Lipinski definition) is 3. The summed E-state index contributed by atoms with van der Waals surface area (Å²) in [4.78, 5) is 25.0. The molecule has 0 spiro atoms. The van der Waals surface area contributed by atoms with Crippen LogP contribution in [0.1, 0.15) is 80.1 Å². The van der Waals surface area contributed by atoms with Crippen molar-refractivity contribution in [3.8, 4) is 0 Å². The molecule has 160 valence electrons. The summed E-state index contributed by atoms with van der Waals surface area (Å²) in [6, 6.07) is 0.137. The molecule has 0 saturated heterocycles. The summed E-state index contributed by atoms with van der Waals surface area (Å²) in [5.41, 5.74) is -0.174. The second-order valence-corrected chi connectivity index (χ2v) is 11.2. The number of nitrogens with one attached hydrogen (secondary N) is 2. The van der Waals surface area contributed by atoms with Gasteiger partial charge in [-0.1, -0.05) is 20.8 Å². The summed E-state index contributed by atoms with van der Waals surface area (Å²) >= 11 is 0. The third kappa shape index (κ3) is 4.39. The van der Waals surface area contributed by atoms with Crippen molar-refractivity contribution in [1.82, 2.24) is 10.6 Å². The predicted octanol–water partition coefficient (Wildman–Crippen LogP) is 3.26. The van der Waals surface area contributed by atoms with Crippen molar-refractivity contribution in [1.29, 1.82) is 0 Å². The Morgan fingerprint density at radius 2 is 1.71 bits per heavy atom. The van der Waals surface area contributed by atoms with Crippen LogP contribution in [0.3, 0.4) is 0 Å². The number of rotatable bonds is 4. The first kappa shape index (κ1) is 21.6. The largest absolute Gasteiger partial charge is 0.392 e. The summed E-state index contributed by atoms with van der Waals surface area (Å²) in [7, 11) is 0. The summed E-state index contributed by atoms with van der Waals surface area (Å²) in [6.45, 7) is 12.4. The zero-order chi connectivity index (χ0) is 20.9. The van der Waals surface area contributed by atoms with Crippen LogP contribution in [0.4, 0.5) is 0 Å². The molecular formula is C23H40N2O3. The van der Waals surface area contributed by atoms with Crippen molar-refractivity contribution < 1.29 is 14.7 Å². The maximum absolute atomic E-state index is 12.7. The van der Waals surface area contributed by atoms with Gasteiger partial charge in [0.1, 0.15) is 0 Å². The molecule has 28 heavy (non-hydrogen) atoms. The SMILES string of the molecule is CC(C(=O)NC(C)(C)C)C1CCC2(C)CCC(NC(=O)C3CC3)C(C)C2C1O. The molecule has 2 amide bonds. The Kier molecular flexibility index (Phi) is 5.88. The first-order chi connectivity index (χ1) is 12.9. The number of aliphatic hydroxyl groups excluding tert-OH is 1. The quantitative estimate of drug-likeness (QED) is 0.687. The third-order valence-electron chi connectivity index (χ3n) is 7.72. The number of aliphatic hydroxyl groups is 1. The fraction of sp³-hybridized carbons (Fsp3) is 0.913. The van der Waals surface area contributed by atoms with Crippen molar-refractivity contribution in [3.63, 3.8) is 0 Å². The molecule has 0 radical (unpaired) electrons. The second kappa shape index (κ2) is 7.62. The molecule has 3 aliphatic rings. The van der Waals surface area contributed by atoms with E-state index in [0.29, 0.717) is 0 Å². The first-order valence-corrected chi connectivity index (χ1v) is 11.2. The van der Waals surface area contributed by atoms with Crippen LogP contribution < -0.4 is 10.6 Å². The topological polar surface area (TPSA) is 78.4 Å². The lowest BCUT2D eigenvalue weighted by molar-refractivity contribution is -0.144. The molecule has 0 bridgehead atoms. The molecule has 3 fully saturated rings. The van der Waals surface area contributed by atoms with E-state index in [4.69, 9.17) is 0 Å². The molecule has 7 unspecified atom stereocenters. The minimum Gasteiger partial charge on any atom is -0.392 e. The van der Waals surface area contributed by atoms with Gasteiger partial charge in [0.2, 0.25) is 11.8 Å². The zero-order valence-corrected chi connectivity index (χ0v) is 18.5. The number of carbonyl (C=O) groups is 2. The molecule has 3 aliphatic carbocycles. The Balaban J connectivity index is 1.72. The van der Waals surface area contributed by atoms with Gasteiger partial charge in [0.15, 0.2) is 0 Å². The fourth-order valence-electron chi connectivity index (χ4n) is 5.82. The zero-order valence-electron chi connectivity index (χ0n) is 18.5. The molecule has 3 saturated carbocycles. The Hall–Kier alpha value is -1.10. The molecule has 0 heterocycles. The van der Waals surface area contributed by atoms with E-state index in [-0.39, 0.29) is 58.4 Å². The predicted molar refractivity (Wildman–Crippen MR) is 110 cm³/mol. The van der Waals surface area contributed by atoms with E-state index in [0.717, 1.165) is 38.5 Å². The summed E-state index contributed by atoms with van der Waals surface area (Å²) in [5.74, 6) is 0.535. The molecule has 0 aliphatic heterocycles. The van der Waals surface area contributed by atoms with Crippen LogP contribution in [0.25, 0.3) is 0 Å². The van der Waals surface area contributed by atoms with E-state index < -0.39 is 6.10 Å². The normalized spacial score (nSPS) is 39.6. The molecule has 3 rings (SSSR count). The lowest BCUT2D eigenvalue weighted by atomic mass is 9.51. The van der Waals surface area contributed by atoms with Gasteiger partial charge in [-0.05, 0) is 82.5 Å². The molecule has 5 heteroatoms. The fourth-order valence-corrected chi connectivity index (χ4v) is 5.82. The summed E-state index contributed by atoms with van der Waals surface area (Å²) in [5, 5.41) is 17.7. The Labute approximate surface area is 170 Å². The van der Waals surface area contributed by atoms with Gasteiger partial charge in [-0.2, -0.15) is 0 Å². The van der Waals surface area contributed by atoms with Crippen LogP contribution in [-0.2, 0) is 9.59 Å². The van der Waals surface area contributed by atoms with Gasteiger partial charge in [0, 0.05) is 23.4 Å². The number of amides is 2. The number of hydrogen-bond donors (Lipinski definition) is 3. The maximum Gasteiger partial charge on any atom is 0.223 e. The Bertz CT molecular complexity index is 609. The van der Waals surface area contributed by atoms with E-state index in [2.05, 4.69) is 24.5 Å². The van der Waals surface area contributed by atoms with E-state index in [1.807, 2.05) is 27.7 Å². The van der Waals surface area contributed by atoms with Crippen LogP contribution in [0.2, 0.25) is 0 Å². The number of fused-ring (bicyclic) bond motifs is 1. The molecule has 0 aromatic rings. The third-order valence-corrected chi connectivity index (χ3v) is 7.72. The van der Waals surface area contributed by atoms with Crippen LogP contribution in [0, 0.1) is 35.0 Å². The van der Waals surface area contributed by atoms with Gasteiger partial charge < -0.3 is 15.7 Å². The van der Waals surface area contributed by atoms with Crippen molar-refractivity contribution >= 4 is 11.8 Å². The van der Waals surface area contributed by atoms with E-state index in [1.165, 1.54) is 0 Å². The van der Waals surface area contributed by atoms with Crippen molar-refractivity contribution in [2.75, 3.05) is 0 Å². The standard InChI is InChI=1S/C23H40N2O3/c1-13(20(27)25-22(3,4)5)16-9-11-23(6)12-10-17(14(2)18(23)19(16)26)24-21(28)15-7-8-15/h13-19,26H,7-12H2,1-6H3,(H,24,28)(H,25,27). The van der Waals surface area contributed by atoms with Gasteiger partial charge in [-0.3, -0.25) is 9.59 Å². The monoisotopic (exact) mass is 392 g/mol. The molecule has 0 aromatic heterocycles. The highest BCUT2D eigenvalue weighted by atomic mass is 16.3. The lowest BCUT2D eigenvalue weighted by Gasteiger charge is -2.56. The highest BCUT2D eigenvalue weighted by Gasteiger charge is 2.54. The molecule has 0 aromatic carbocycles. The molecule has 5 nitrogen and oxygen atoms in total. The second-order valence-electron chi connectivity index (χ2n) is 11.2. The van der Waals surface area contributed by atoms with E-state index in [1.54, 1.807) is 0 Å². The minimum atomic E-state index is -0.505. The lowest BCUT2D eigenvalue weighted by Crippen LogP contribution is -2.59. The van der Waals surface area contributed by atoms with Crippen molar-refractivity contribution in [3.05, 3.63) is 0 Å². The molecular weight excluding hydrogens is 352 g/mol. The number of carbonyl (C=O) groups excluding carboxylic acids is 2. The van der Waals surface area contributed by atoms with Gasteiger partial charge in [0.05, 0.1) is 6.10 Å². The van der Waals surface area contributed by atoms with Crippen LogP contribution >= 0.6 is 0 Å². The van der Waals surface area contributed by atoms with E-state index in [9.17, 15) is 14.7 Å². The van der Waals surface area contributed by atoms with Gasteiger partial charge in [-0.25, -0.2) is 0 Å². The summed E-state index contributed by atoms with van der Waals surface area (Å²) in [6.07, 6.45) is 5.47. The van der Waals surface area contributed by atoms with Crippen LogP contribution in [0.15, 0.2) is 0 Å². The van der Waals surface area contributed by atoms with Crippen molar-refractivity contribution in [2.45, 2.75) is 97.8 Å². The average Bonchev–Trinajstić information content (AvgIpc) is 3.40. The smallest absolute Gasteiger partial charge is 0.223 e. The van der Waals surface area contributed by atoms with Gasteiger partial charge in [-0.15, -0.1) is 0 Å². The van der Waals surface area contributed by atoms with Gasteiger partial charge in [0.25, 0.3) is 0 Å². The van der Waals surface area contributed by atoms with Crippen molar-refractivity contribution in [2.24, 2.45) is 35.0 Å². The van der Waals surface area contributed by atoms with Gasteiger partial charge >= 0.3 is 0 Å². The van der Waals surface area contributed by atoms with Crippen LogP contribution in [-0.4, -0.2) is 34.6 Å². The average molecular weight is 393 g/mol. The highest BCUT2D eigenvalue weighted by molar-refractivity contribution is 5.81. The first-order valence-electron chi connectivity index (χ1n) is 11.2. The summed E-state index contributed by atoms with van der Waals surface area (Å²) < 4.78 is 0. The Morgan fingerprint density at radius 3 is 2.29 bits per heavy atom. The minimum absolute atomic E-state index is 0.0271. The maximum atomic E-state index is 12.7. The molecule has 3 N–H and O–H groups in total. The highest BCUT2D eigenvalue weighted by Crippen LogP contribution is 2.55. The van der Waals surface area contributed by atoms with E-state index >= 15 is 0 Å². The van der Waals surface area contributed by atoms with Crippen LogP contribution in [0.5, 0.6) is 0 Å².